The summed E-state index contributed by atoms with van der Waals surface area (Å²) in [5.74, 6) is 4.38. The first-order chi connectivity index (χ1) is 26.4. The third kappa shape index (κ3) is 5.68. The summed E-state index contributed by atoms with van der Waals surface area (Å²) >= 11 is 1.81. The van der Waals surface area contributed by atoms with Gasteiger partial charge in [-0.2, -0.15) is 5.26 Å². The van der Waals surface area contributed by atoms with Crippen molar-refractivity contribution in [2.24, 2.45) is 17.8 Å². The highest BCUT2D eigenvalue weighted by atomic mass is 32.1. The van der Waals surface area contributed by atoms with E-state index in [-0.39, 0.29) is 5.41 Å². The molecule has 0 saturated heterocycles. The Bertz CT molecular complexity index is 2740. The van der Waals surface area contributed by atoms with E-state index < -0.39 is 0 Å². The fraction of sp³-hybridized carbons (Fsp3) is 0.224. The van der Waals surface area contributed by atoms with Crippen LogP contribution >= 0.6 is 11.3 Å². The van der Waals surface area contributed by atoms with Crippen LogP contribution in [0.25, 0.3) is 76.2 Å². The molecule has 54 heavy (non-hydrogen) atoms. The van der Waals surface area contributed by atoms with Gasteiger partial charge in [-0.25, -0.2) is 15.0 Å². The van der Waals surface area contributed by atoms with Crippen LogP contribution in [-0.4, -0.2) is 15.0 Å². The molecule has 2 aliphatic carbocycles. The molecule has 6 aromatic carbocycles. The molecule has 8 aromatic rings. The van der Waals surface area contributed by atoms with Gasteiger partial charge in [-0.05, 0) is 95.5 Å². The van der Waals surface area contributed by atoms with Crippen LogP contribution in [0, 0.1) is 29.1 Å². The summed E-state index contributed by atoms with van der Waals surface area (Å²) in [6.07, 6.45) is 6.62. The van der Waals surface area contributed by atoms with E-state index in [2.05, 4.69) is 123 Å². The van der Waals surface area contributed by atoms with Gasteiger partial charge in [-0.15, -0.1) is 11.3 Å². The largest absolute Gasteiger partial charge is 0.208 e. The molecule has 0 radical (unpaired) electrons. The monoisotopic (exact) mass is 716 g/mol. The second-order valence-corrected chi connectivity index (χ2v) is 17.1. The molecular weight excluding hydrogens is 677 g/mol. The highest BCUT2D eigenvalue weighted by Gasteiger charge is 2.45. The van der Waals surface area contributed by atoms with E-state index in [1.54, 1.807) is 11.3 Å². The number of fused-ring (bicyclic) bond motifs is 6. The minimum absolute atomic E-state index is 0.273. The standard InChI is InChI=1S/C49H40N4S/c1-30-23-32-24-31(2)27-49(26-30,28-32)38-20-17-35(18-21-38)47-51-46(52-48(53-47)36-19-22-43-42-8-3-4-12-44(42)54-45(43)25-36)34-15-13-33(14-16-34)39-9-6-10-40-37(29-50)7-5-11-41(39)40/h3-22,25,30-32H,23-24,26-28H2,1-2H3/t30-,31+,32-,49?. The topological polar surface area (TPSA) is 62.5 Å². The number of aromatic nitrogens is 3. The molecule has 0 aliphatic heterocycles. The van der Waals surface area contributed by atoms with Crippen LogP contribution in [-0.2, 0) is 5.41 Å². The maximum atomic E-state index is 9.71. The van der Waals surface area contributed by atoms with E-state index in [0.717, 1.165) is 56.3 Å². The lowest BCUT2D eigenvalue weighted by Gasteiger charge is -2.50. The quantitative estimate of drug-likeness (QED) is 0.178. The summed E-state index contributed by atoms with van der Waals surface area (Å²) in [6.45, 7) is 4.91. The maximum Gasteiger partial charge on any atom is 0.164 e. The van der Waals surface area contributed by atoms with Gasteiger partial charge in [0.25, 0.3) is 0 Å². The highest BCUT2D eigenvalue weighted by molar-refractivity contribution is 7.25. The Balaban J connectivity index is 1.06. The molecule has 0 amide bonds. The molecule has 4 nitrogen and oxygen atoms in total. The van der Waals surface area contributed by atoms with E-state index in [4.69, 9.17) is 15.0 Å². The molecule has 1 unspecified atom stereocenters. The van der Waals surface area contributed by atoms with Gasteiger partial charge < -0.3 is 0 Å². The molecule has 2 fully saturated rings. The number of benzene rings is 6. The number of nitriles is 1. The van der Waals surface area contributed by atoms with Gasteiger partial charge >= 0.3 is 0 Å². The van der Waals surface area contributed by atoms with Gasteiger partial charge in [0.05, 0.1) is 11.6 Å². The molecule has 2 bridgehead atoms. The van der Waals surface area contributed by atoms with E-state index in [9.17, 15) is 5.26 Å². The van der Waals surface area contributed by atoms with Crippen molar-refractivity contribution in [3.05, 3.63) is 139 Å². The first-order valence-corrected chi connectivity index (χ1v) is 20.1. The smallest absolute Gasteiger partial charge is 0.164 e. The molecule has 2 aromatic heterocycles. The summed E-state index contributed by atoms with van der Waals surface area (Å²) < 4.78 is 2.50. The summed E-state index contributed by atoms with van der Waals surface area (Å²) in [4.78, 5) is 15.4. The average Bonchev–Trinajstić information content (AvgIpc) is 3.58. The molecule has 0 spiro atoms. The van der Waals surface area contributed by atoms with Gasteiger partial charge in [0.15, 0.2) is 17.5 Å². The van der Waals surface area contributed by atoms with E-state index in [0.29, 0.717) is 23.0 Å². The second kappa shape index (κ2) is 13.0. The summed E-state index contributed by atoms with van der Waals surface area (Å²) in [7, 11) is 0. The summed E-state index contributed by atoms with van der Waals surface area (Å²) in [5, 5.41) is 14.3. The number of hydrogen-bond acceptors (Lipinski definition) is 5. The molecule has 2 heterocycles. The van der Waals surface area contributed by atoms with Crippen molar-refractivity contribution in [1.82, 2.24) is 15.0 Å². The number of thiophene rings is 1. The third-order valence-corrected chi connectivity index (χ3v) is 13.3. The molecule has 0 N–H and O–H groups in total. The van der Waals surface area contributed by atoms with Crippen LogP contribution in [0.15, 0.2) is 127 Å². The molecular formula is C49H40N4S. The molecule has 4 atom stereocenters. The third-order valence-electron chi connectivity index (χ3n) is 12.2. The predicted molar refractivity (Wildman–Crippen MR) is 223 cm³/mol. The highest BCUT2D eigenvalue weighted by Crippen LogP contribution is 2.54. The van der Waals surface area contributed by atoms with Gasteiger partial charge in [0.2, 0.25) is 0 Å². The first-order valence-electron chi connectivity index (χ1n) is 19.2. The van der Waals surface area contributed by atoms with Crippen LogP contribution in [0.2, 0.25) is 0 Å². The Hall–Kier alpha value is -5.70. The lowest BCUT2D eigenvalue weighted by atomic mass is 9.54. The molecule has 10 rings (SSSR count). The lowest BCUT2D eigenvalue weighted by Crippen LogP contribution is -2.42. The minimum atomic E-state index is 0.273. The first kappa shape index (κ1) is 32.9. The van der Waals surface area contributed by atoms with Crippen molar-refractivity contribution in [2.75, 3.05) is 0 Å². The molecule has 262 valence electrons. The van der Waals surface area contributed by atoms with Crippen molar-refractivity contribution in [1.29, 1.82) is 5.26 Å². The van der Waals surface area contributed by atoms with Crippen LogP contribution in [0.3, 0.4) is 0 Å². The minimum Gasteiger partial charge on any atom is -0.208 e. The van der Waals surface area contributed by atoms with E-state index in [1.807, 2.05) is 24.3 Å². The SMILES string of the molecule is C[C@@H]1C[C@@H]2C[C@H](C)CC(c3ccc(-c4nc(-c5ccc(-c6cccc7c(C#N)cccc67)cc5)nc(-c5ccc6c(c5)sc5ccccc56)n4)cc3)(C1)C2. The van der Waals surface area contributed by atoms with Gasteiger partial charge in [0, 0.05) is 42.2 Å². The number of rotatable bonds is 5. The van der Waals surface area contributed by atoms with Crippen molar-refractivity contribution in [3.63, 3.8) is 0 Å². The fourth-order valence-electron chi connectivity index (χ4n) is 10.1. The number of hydrogen-bond donors (Lipinski definition) is 0. The molecule has 2 aliphatic rings. The summed E-state index contributed by atoms with van der Waals surface area (Å²) in [6, 6.07) is 47.3. The Morgan fingerprint density at radius 2 is 1.13 bits per heavy atom. The van der Waals surface area contributed by atoms with E-state index in [1.165, 1.54) is 57.8 Å². The molecule has 2 saturated carbocycles. The van der Waals surface area contributed by atoms with Gasteiger partial charge in [0.1, 0.15) is 0 Å². The second-order valence-electron chi connectivity index (χ2n) is 16.0. The fourth-order valence-corrected chi connectivity index (χ4v) is 11.3. The summed E-state index contributed by atoms with van der Waals surface area (Å²) in [5.41, 5.74) is 7.52. The Kier molecular flexibility index (Phi) is 7.93. The van der Waals surface area contributed by atoms with Gasteiger partial charge in [-0.1, -0.05) is 123 Å². The van der Waals surface area contributed by atoms with Crippen molar-refractivity contribution in [3.8, 4) is 51.4 Å². The lowest BCUT2D eigenvalue weighted by molar-refractivity contribution is 0.0780. The maximum absolute atomic E-state index is 9.71. The number of nitrogens with zero attached hydrogens (tertiary/aromatic N) is 4. The molecule has 5 heteroatoms. The van der Waals surface area contributed by atoms with Crippen LogP contribution in [0.5, 0.6) is 0 Å². The van der Waals surface area contributed by atoms with Crippen molar-refractivity contribution < 1.29 is 0 Å². The van der Waals surface area contributed by atoms with Crippen molar-refractivity contribution in [2.45, 2.75) is 51.4 Å². The Morgan fingerprint density at radius 3 is 1.85 bits per heavy atom. The zero-order valence-corrected chi connectivity index (χ0v) is 31.4. The van der Waals surface area contributed by atoms with Crippen LogP contribution in [0.4, 0.5) is 0 Å². The van der Waals surface area contributed by atoms with Crippen LogP contribution in [0.1, 0.15) is 57.1 Å². The zero-order valence-electron chi connectivity index (χ0n) is 30.6. The Labute approximate surface area is 320 Å². The van der Waals surface area contributed by atoms with Gasteiger partial charge in [-0.3, -0.25) is 0 Å². The zero-order chi connectivity index (χ0) is 36.4. The van der Waals surface area contributed by atoms with Crippen LogP contribution < -0.4 is 0 Å². The normalized spacial score (nSPS) is 21.0. The van der Waals surface area contributed by atoms with Crippen molar-refractivity contribution >= 4 is 42.3 Å². The van der Waals surface area contributed by atoms with E-state index >= 15 is 0 Å². The Morgan fingerprint density at radius 1 is 0.556 bits per heavy atom. The average molecular weight is 717 g/mol. The predicted octanol–water partition coefficient (Wildman–Crippen LogP) is 13.0.